The summed E-state index contributed by atoms with van der Waals surface area (Å²) < 4.78 is 31.9. The van der Waals surface area contributed by atoms with E-state index in [2.05, 4.69) is 6.58 Å². The predicted octanol–water partition coefficient (Wildman–Crippen LogP) is 5.93. The quantitative estimate of drug-likeness (QED) is 0.228. The van der Waals surface area contributed by atoms with Gasteiger partial charge in [0.05, 0.1) is 11.4 Å². The molecular weight excluding hydrogens is 468 g/mol. The molecule has 0 radical (unpaired) electrons. The van der Waals surface area contributed by atoms with E-state index in [-0.39, 0.29) is 11.7 Å². The van der Waals surface area contributed by atoms with E-state index in [0.29, 0.717) is 28.1 Å². The van der Waals surface area contributed by atoms with Crippen molar-refractivity contribution in [1.82, 2.24) is 4.98 Å². The number of hydrogen-bond acceptors (Lipinski definition) is 5. The van der Waals surface area contributed by atoms with Crippen molar-refractivity contribution < 1.29 is 28.5 Å². The molecule has 0 bridgehead atoms. The fourth-order valence-electron chi connectivity index (χ4n) is 3.85. The number of carbonyl (C=O) groups excluding carboxylic acids is 1. The molecule has 3 rings (SSSR count). The Labute approximate surface area is 205 Å². The van der Waals surface area contributed by atoms with Crippen LogP contribution in [0.3, 0.4) is 0 Å². The molecule has 2 N–H and O–H groups in total. The Kier molecular flexibility index (Phi) is 7.96. The highest BCUT2D eigenvalue weighted by atomic mass is 31.1. The fraction of sp³-hybridized carbons (Fsp3) is 0.259. The number of halogens is 1. The molecule has 0 amide bonds. The SMILES string of the molecule is C=CC(C(=O)Oc1c(-c2ccc(F)cc2C)cc(-c2ccccc2)nc1C(C)C)(C(C)O)[P+](=O)O. The lowest BCUT2D eigenvalue weighted by molar-refractivity contribution is -0.138. The Morgan fingerprint density at radius 1 is 1.14 bits per heavy atom. The number of pyridine rings is 1. The van der Waals surface area contributed by atoms with Crippen LogP contribution < -0.4 is 4.74 Å². The number of nitrogens with zero attached hydrogens (tertiary/aromatic N) is 1. The van der Waals surface area contributed by atoms with Gasteiger partial charge in [0, 0.05) is 11.1 Å². The molecule has 0 aliphatic rings. The number of aliphatic hydroxyl groups is 1. The van der Waals surface area contributed by atoms with Gasteiger partial charge in [-0.05, 0) is 59.7 Å². The van der Waals surface area contributed by atoms with Gasteiger partial charge in [-0.15, -0.1) is 0 Å². The van der Waals surface area contributed by atoms with Gasteiger partial charge in [0.1, 0.15) is 11.9 Å². The van der Waals surface area contributed by atoms with Gasteiger partial charge in [0.25, 0.3) is 0 Å². The average Bonchev–Trinajstić information content (AvgIpc) is 2.80. The van der Waals surface area contributed by atoms with Crippen molar-refractivity contribution in [1.29, 1.82) is 0 Å². The largest absolute Gasteiger partial charge is 0.531 e. The van der Waals surface area contributed by atoms with Crippen LogP contribution in [0.25, 0.3) is 22.4 Å². The van der Waals surface area contributed by atoms with Gasteiger partial charge >= 0.3 is 19.2 Å². The zero-order valence-corrected chi connectivity index (χ0v) is 20.9. The summed E-state index contributed by atoms with van der Waals surface area (Å²) in [6.07, 6.45) is -0.612. The molecule has 6 nitrogen and oxygen atoms in total. The van der Waals surface area contributed by atoms with E-state index in [0.717, 1.165) is 11.6 Å². The van der Waals surface area contributed by atoms with Crippen molar-refractivity contribution in [3.63, 3.8) is 0 Å². The normalized spacial score (nSPS) is 14.2. The van der Waals surface area contributed by atoms with Crippen molar-refractivity contribution in [2.45, 2.75) is 44.9 Å². The first kappa shape index (κ1) is 26.4. The summed E-state index contributed by atoms with van der Waals surface area (Å²) in [5, 5.41) is 8.00. The molecule has 0 saturated carbocycles. The van der Waals surface area contributed by atoms with Gasteiger partial charge in [-0.1, -0.05) is 56.8 Å². The molecule has 0 saturated heterocycles. The summed E-state index contributed by atoms with van der Waals surface area (Å²) in [7, 11) is -3.23. The molecule has 0 aliphatic heterocycles. The smallest absolute Gasteiger partial charge is 0.420 e. The molecule has 1 heterocycles. The van der Waals surface area contributed by atoms with Gasteiger partial charge in [0.2, 0.25) is 0 Å². The van der Waals surface area contributed by atoms with Gasteiger partial charge in [-0.25, -0.2) is 14.2 Å². The third kappa shape index (κ3) is 5.08. The molecule has 2 aromatic carbocycles. The summed E-state index contributed by atoms with van der Waals surface area (Å²) in [5.74, 6) is -1.69. The lowest BCUT2D eigenvalue weighted by atomic mass is 9.94. The minimum atomic E-state index is -3.23. The van der Waals surface area contributed by atoms with E-state index in [1.807, 2.05) is 44.2 Å². The molecule has 8 heteroatoms. The Hall–Kier alpha value is -3.25. The lowest BCUT2D eigenvalue weighted by Crippen LogP contribution is -2.46. The summed E-state index contributed by atoms with van der Waals surface area (Å²) in [5.41, 5.74) is 3.54. The van der Waals surface area contributed by atoms with Crippen LogP contribution in [0.4, 0.5) is 4.39 Å². The molecule has 3 atom stereocenters. The van der Waals surface area contributed by atoms with E-state index in [1.54, 1.807) is 19.1 Å². The second-order valence-corrected chi connectivity index (χ2v) is 9.90. The molecule has 3 aromatic rings. The van der Waals surface area contributed by atoms with Crippen molar-refractivity contribution in [3.05, 3.63) is 84.3 Å². The number of aromatic nitrogens is 1. The topological polar surface area (TPSA) is 96.7 Å². The molecule has 0 spiro atoms. The number of aryl methyl sites for hydroxylation is 1. The average molecular weight is 496 g/mol. The second-order valence-electron chi connectivity index (χ2n) is 8.62. The number of rotatable bonds is 8. The first-order valence-electron chi connectivity index (χ1n) is 11.1. The first-order chi connectivity index (χ1) is 16.5. The molecule has 182 valence electrons. The van der Waals surface area contributed by atoms with E-state index in [4.69, 9.17) is 9.72 Å². The number of hydrogen-bond donors (Lipinski definition) is 2. The van der Waals surface area contributed by atoms with Crippen LogP contribution in [-0.4, -0.2) is 32.2 Å². The van der Waals surface area contributed by atoms with Gasteiger partial charge in [0.15, 0.2) is 5.75 Å². The van der Waals surface area contributed by atoms with Crippen molar-refractivity contribution in [2.75, 3.05) is 0 Å². The standard InChI is InChI=1S/C27H27FNO5P/c1-6-27(18(5)30,35(32)33)26(31)34-25-22(21-13-12-20(28)14-17(21)4)15-23(29-24(25)16(2)3)19-10-8-7-9-11-19/h6-16,18,30H,1H2,2-5H3/p+1. The lowest BCUT2D eigenvalue weighted by Gasteiger charge is -2.23. The van der Waals surface area contributed by atoms with E-state index in [1.165, 1.54) is 19.1 Å². The number of carbonyl (C=O) groups is 1. The third-order valence-electron chi connectivity index (χ3n) is 5.88. The summed E-state index contributed by atoms with van der Waals surface area (Å²) in [6.45, 7) is 10.2. The Morgan fingerprint density at radius 3 is 2.31 bits per heavy atom. The molecule has 35 heavy (non-hydrogen) atoms. The Balaban J connectivity index is 2.33. The minimum Gasteiger partial charge on any atom is -0.420 e. The van der Waals surface area contributed by atoms with Crippen LogP contribution in [0, 0.1) is 12.7 Å². The first-order valence-corrected chi connectivity index (χ1v) is 12.3. The van der Waals surface area contributed by atoms with Crippen LogP contribution in [0.2, 0.25) is 0 Å². The zero-order chi connectivity index (χ0) is 25.9. The van der Waals surface area contributed by atoms with Gasteiger partial charge in [-0.3, -0.25) is 0 Å². The number of ether oxygens (including phenoxy) is 1. The zero-order valence-electron chi connectivity index (χ0n) is 20.0. The summed E-state index contributed by atoms with van der Waals surface area (Å²) in [4.78, 5) is 28.0. The molecule has 1 aromatic heterocycles. The number of aliphatic hydroxyl groups excluding tert-OH is 1. The Morgan fingerprint density at radius 2 is 1.80 bits per heavy atom. The Bertz CT molecular complexity index is 1280. The van der Waals surface area contributed by atoms with E-state index < -0.39 is 31.1 Å². The monoisotopic (exact) mass is 496 g/mol. The highest BCUT2D eigenvalue weighted by molar-refractivity contribution is 7.42. The van der Waals surface area contributed by atoms with Crippen LogP contribution in [-0.2, 0) is 9.36 Å². The van der Waals surface area contributed by atoms with Crippen LogP contribution >= 0.6 is 8.03 Å². The van der Waals surface area contributed by atoms with E-state index >= 15 is 0 Å². The van der Waals surface area contributed by atoms with Crippen LogP contribution in [0.15, 0.2) is 67.3 Å². The van der Waals surface area contributed by atoms with Gasteiger partial charge in [-0.2, -0.15) is 4.89 Å². The maximum atomic E-state index is 13.9. The second kappa shape index (κ2) is 10.6. The maximum Gasteiger partial charge on any atom is 0.531 e. The van der Waals surface area contributed by atoms with Crippen LogP contribution in [0.1, 0.15) is 37.9 Å². The highest BCUT2D eigenvalue weighted by Gasteiger charge is 2.60. The summed E-state index contributed by atoms with van der Waals surface area (Å²) in [6, 6.07) is 15.4. The molecular formula is C27H28FNO5P+. The number of esters is 1. The summed E-state index contributed by atoms with van der Waals surface area (Å²) >= 11 is 0. The molecule has 0 fully saturated rings. The van der Waals surface area contributed by atoms with Gasteiger partial charge < -0.3 is 9.84 Å². The molecule has 0 aliphatic carbocycles. The highest BCUT2D eigenvalue weighted by Crippen LogP contribution is 2.44. The van der Waals surface area contributed by atoms with Crippen molar-refractivity contribution >= 4 is 14.0 Å². The van der Waals surface area contributed by atoms with Crippen LogP contribution in [0.5, 0.6) is 5.75 Å². The minimum absolute atomic E-state index is 0.0723. The van der Waals surface area contributed by atoms with E-state index in [9.17, 15) is 23.7 Å². The fourth-order valence-corrected chi connectivity index (χ4v) is 4.53. The number of benzene rings is 2. The predicted molar refractivity (Wildman–Crippen MR) is 134 cm³/mol. The third-order valence-corrected chi connectivity index (χ3v) is 7.25. The van der Waals surface area contributed by atoms with Crippen molar-refractivity contribution in [3.8, 4) is 28.1 Å². The molecule has 3 unspecified atom stereocenters. The maximum absolute atomic E-state index is 13.9. The van der Waals surface area contributed by atoms with Crippen molar-refractivity contribution in [2.24, 2.45) is 0 Å².